The van der Waals surface area contributed by atoms with Crippen molar-refractivity contribution in [3.63, 3.8) is 0 Å². The van der Waals surface area contributed by atoms with Crippen LogP contribution in [0, 0.1) is 0 Å². The molecule has 3 nitrogen and oxygen atoms in total. The average molecular weight is 270 g/mol. The van der Waals surface area contributed by atoms with Crippen LogP contribution in [0.3, 0.4) is 0 Å². The summed E-state index contributed by atoms with van der Waals surface area (Å²) in [4.78, 5) is 0. The van der Waals surface area contributed by atoms with Gasteiger partial charge >= 0.3 is 0 Å². The summed E-state index contributed by atoms with van der Waals surface area (Å²) < 4.78 is 1.82. The standard InChI is InChI=1S/C12H13Cl2N3/c1-2-6-17-7-10(15)12(16-17)8-4-3-5-9(13)11(8)14/h3-5,7H,2,6,15H2,1H3. The molecular weight excluding hydrogens is 257 g/mol. The Morgan fingerprint density at radius 3 is 2.82 bits per heavy atom. The van der Waals surface area contributed by atoms with Crippen LogP contribution in [0.1, 0.15) is 13.3 Å². The van der Waals surface area contributed by atoms with Crippen LogP contribution >= 0.6 is 23.2 Å². The molecule has 0 aliphatic heterocycles. The minimum absolute atomic E-state index is 0.489. The zero-order valence-corrected chi connectivity index (χ0v) is 11.0. The molecular formula is C12H13Cl2N3. The number of nitrogens with zero attached hydrogens (tertiary/aromatic N) is 2. The maximum atomic E-state index is 6.15. The summed E-state index contributed by atoms with van der Waals surface area (Å²) in [6.07, 6.45) is 2.82. The molecule has 90 valence electrons. The van der Waals surface area contributed by atoms with Crippen LogP contribution < -0.4 is 5.73 Å². The number of aryl methyl sites for hydroxylation is 1. The lowest BCUT2D eigenvalue weighted by atomic mass is 10.1. The van der Waals surface area contributed by atoms with Crippen LogP contribution in [0.2, 0.25) is 10.0 Å². The third-order valence-electron chi connectivity index (χ3n) is 2.45. The first-order valence-corrected chi connectivity index (χ1v) is 6.16. The third kappa shape index (κ3) is 2.40. The second-order valence-corrected chi connectivity index (χ2v) is 4.58. The zero-order chi connectivity index (χ0) is 12.4. The molecule has 1 heterocycles. The van der Waals surface area contributed by atoms with E-state index in [2.05, 4.69) is 12.0 Å². The van der Waals surface area contributed by atoms with Crippen LogP contribution in [0.15, 0.2) is 24.4 Å². The van der Waals surface area contributed by atoms with Gasteiger partial charge in [0.1, 0.15) is 5.69 Å². The van der Waals surface area contributed by atoms with E-state index in [0.29, 0.717) is 21.4 Å². The smallest absolute Gasteiger partial charge is 0.117 e. The molecule has 2 aromatic rings. The molecule has 0 amide bonds. The summed E-state index contributed by atoms with van der Waals surface area (Å²) >= 11 is 12.1. The minimum atomic E-state index is 0.489. The van der Waals surface area contributed by atoms with Crippen molar-refractivity contribution in [1.82, 2.24) is 9.78 Å². The van der Waals surface area contributed by atoms with Crippen molar-refractivity contribution in [3.8, 4) is 11.3 Å². The van der Waals surface area contributed by atoms with Gasteiger partial charge in [-0.3, -0.25) is 4.68 Å². The van der Waals surface area contributed by atoms with E-state index in [1.165, 1.54) is 0 Å². The summed E-state index contributed by atoms with van der Waals surface area (Å²) in [7, 11) is 0. The van der Waals surface area contributed by atoms with E-state index in [9.17, 15) is 0 Å². The van der Waals surface area contributed by atoms with Crippen molar-refractivity contribution < 1.29 is 0 Å². The van der Waals surface area contributed by atoms with E-state index in [-0.39, 0.29) is 0 Å². The summed E-state index contributed by atoms with van der Waals surface area (Å²) in [6, 6.07) is 5.44. The number of hydrogen-bond acceptors (Lipinski definition) is 2. The number of aromatic nitrogens is 2. The van der Waals surface area contributed by atoms with E-state index in [1.807, 2.05) is 23.0 Å². The van der Waals surface area contributed by atoms with Gasteiger partial charge in [-0.2, -0.15) is 5.10 Å². The van der Waals surface area contributed by atoms with Gasteiger partial charge in [0.15, 0.2) is 0 Å². The molecule has 2 rings (SSSR count). The molecule has 0 saturated carbocycles. The SMILES string of the molecule is CCCn1cc(N)c(-c2cccc(Cl)c2Cl)n1. The van der Waals surface area contributed by atoms with Gasteiger partial charge in [0.25, 0.3) is 0 Å². The van der Waals surface area contributed by atoms with Crippen molar-refractivity contribution >= 4 is 28.9 Å². The Morgan fingerprint density at radius 1 is 1.35 bits per heavy atom. The average Bonchev–Trinajstić information content (AvgIpc) is 2.64. The van der Waals surface area contributed by atoms with Gasteiger partial charge in [-0.25, -0.2) is 0 Å². The summed E-state index contributed by atoms with van der Waals surface area (Å²) in [6.45, 7) is 2.92. The van der Waals surface area contributed by atoms with E-state index >= 15 is 0 Å². The molecule has 0 spiro atoms. The fraction of sp³-hybridized carbons (Fsp3) is 0.250. The van der Waals surface area contributed by atoms with Gasteiger partial charge in [0, 0.05) is 18.3 Å². The molecule has 0 atom stereocenters. The Kier molecular flexibility index (Phi) is 3.60. The lowest BCUT2D eigenvalue weighted by molar-refractivity contribution is 0.605. The largest absolute Gasteiger partial charge is 0.396 e. The van der Waals surface area contributed by atoms with E-state index in [0.717, 1.165) is 18.5 Å². The molecule has 0 bridgehead atoms. The Balaban J connectivity index is 2.49. The monoisotopic (exact) mass is 269 g/mol. The lowest BCUT2D eigenvalue weighted by Crippen LogP contribution is -1.96. The fourth-order valence-corrected chi connectivity index (χ4v) is 2.07. The predicted octanol–water partition coefficient (Wildman–Crippen LogP) is 3.85. The fourth-order valence-electron chi connectivity index (χ4n) is 1.68. The van der Waals surface area contributed by atoms with Gasteiger partial charge in [-0.15, -0.1) is 0 Å². The summed E-state index contributed by atoms with van der Waals surface area (Å²) in [5.41, 5.74) is 8.01. The molecule has 0 aliphatic carbocycles. The molecule has 2 N–H and O–H groups in total. The van der Waals surface area contributed by atoms with Gasteiger partial charge in [0.05, 0.1) is 15.7 Å². The molecule has 0 saturated heterocycles. The molecule has 0 radical (unpaired) electrons. The van der Waals surface area contributed by atoms with Gasteiger partial charge in [-0.1, -0.05) is 42.3 Å². The molecule has 17 heavy (non-hydrogen) atoms. The first-order valence-electron chi connectivity index (χ1n) is 5.40. The molecule has 1 aromatic heterocycles. The Labute approximate surface area is 110 Å². The quantitative estimate of drug-likeness (QED) is 0.920. The van der Waals surface area contributed by atoms with Crippen molar-refractivity contribution in [2.75, 3.05) is 5.73 Å². The number of anilines is 1. The van der Waals surface area contributed by atoms with Gasteiger partial charge in [0.2, 0.25) is 0 Å². The van der Waals surface area contributed by atoms with E-state index in [1.54, 1.807) is 6.07 Å². The number of halogens is 2. The van der Waals surface area contributed by atoms with Crippen molar-refractivity contribution in [1.29, 1.82) is 0 Å². The van der Waals surface area contributed by atoms with E-state index < -0.39 is 0 Å². The van der Waals surface area contributed by atoms with Crippen LogP contribution in [0.5, 0.6) is 0 Å². The van der Waals surface area contributed by atoms with Crippen LogP contribution in [0.4, 0.5) is 5.69 Å². The van der Waals surface area contributed by atoms with Crippen molar-refractivity contribution in [2.45, 2.75) is 19.9 Å². The highest BCUT2D eigenvalue weighted by Crippen LogP contribution is 2.35. The minimum Gasteiger partial charge on any atom is -0.396 e. The first-order chi connectivity index (χ1) is 8.13. The summed E-state index contributed by atoms with van der Waals surface area (Å²) in [5, 5.41) is 5.42. The molecule has 0 aliphatic rings. The second kappa shape index (κ2) is 4.98. The maximum absolute atomic E-state index is 6.15. The van der Waals surface area contributed by atoms with Crippen LogP contribution in [-0.2, 0) is 6.54 Å². The van der Waals surface area contributed by atoms with E-state index in [4.69, 9.17) is 28.9 Å². The Hall–Kier alpha value is -1.19. The Bertz CT molecular complexity index is 535. The molecule has 5 heteroatoms. The van der Waals surface area contributed by atoms with Crippen molar-refractivity contribution in [2.24, 2.45) is 0 Å². The van der Waals surface area contributed by atoms with Gasteiger partial charge in [-0.05, 0) is 12.5 Å². The maximum Gasteiger partial charge on any atom is 0.117 e. The van der Waals surface area contributed by atoms with Gasteiger partial charge < -0.3 is 5.73 Å². The Morgan fingerprint density at radius 2 is 2.12 bits per heavy atom. The van der Waals surface area contributed by atoms with Crippen molar-refractivity contribution in [3.05, 3.63) is 34.4 Å². The zero-order valence-electron chi connectivity index (χ0n) is 9.45. The number of rotatable bonds is 3. The number of nitrogen functional groups attached to an aromatic ring is 1. The highest BCUT2D eigenvalue weighted by Gasteiger charge is 2.13. The van der Waals surface area contributed by atoms with Crippen LogP contribution in [-0.4, -0.2) is 9.78 Å². The topological polar surface area (TPSA) is 43.8 Å². The van der Waals surface area contributed by atoms with Crippen LogP contribution in [0.25, 0.3) is 11.3 Å². The highest BCUT2D eigenvalue weighted by molar-refractivity contribution is 6.43. The number of hydrogen-bond donors (Lipinski definition) is 1. The predicted molar refractivity (Wildman–Crippen MR) is 72.4 cm³/mol. The molecule has 1 aromatic carbocycles. The highest BCUT2D eigenvalue weighted by atomic mass is 35.5. The second-order valence-electron chi connectivity index (χ2n) is 3.80. The molecule has 0 unspecified atom stereocenters. The molecule has 0 fully saturated rings. The number of nitrogens with two attached hydrogens (primary N) is 1. The lowest BCUT2D eigenvalue weighted by Gasteiger charge is -2.03. The summed E-state index contributed by atoms with van der Waals surface area (Å²) in [5.74, 6) is 0. The number of benzene rings is 1. The third-order valence-corrected chi connectivity index (χ3v) is 3.27. The first kappa shape index (κ1) is 12.3. The normalized spacial score (nSPS) is 10.8.